The van der Waals surface area contributed by atoms with E-state index in [2.05, 4.69) is 11.8 Å². The van der Waals surface area contributed by atoms with Gasteiger partial charge in [0.25, 0.3) is 11.8 Å². The molecule has 1 aliphatic heterocycles. The second kappa shape index (κ2) is 8.34. The highest BCUT2D eigenvalue weighted by Gasteiger charge is 2.42. The SMILES string of the molecule is C/C(C#Cc1cccc(Cl)c1)=C1/CCN(C(=O)c2cccc(Cl)c2)CC1(F)F. The van der Waals surface area contributed by atoms with E-state index in [1.807, 2.05) is 0 Å². The number of carbonyl (C=O) groups is 1. The lowest BCUT2D eigenvalue weighted by Crippen LogP contribution is -2.47. The van der Waals surface area contributed by atoms with Crippen molar-refractivity contribution in [2.24, 2.45) is 0 Å². The molecule has 2 aromatic rings. The molecule has 0 aliphatic carbocycles. The lowest BCUT2D eigenvalue weighted by atomic mass is 9.94. The molecule has 1 heterocycles. The molecule has 28 heavy (non-hydrogen) atoms. The summed E-state index contributed by atoms with van der Waals surface area (Å²) in [7, 11) is 0. The second-order valence-corrected chi connectivity index (χ2v) is 7.43. The van der Waals surface area contributed by atoms with E-state index in [1.165, 1.54) is 6.07 Å². The summed E-state index contributed by atoms with van der Waals surface area (Å²) in [6.07, 6.45) is 0.0648. The summed E-state index contributed by atoms with van der Waals surface area (Å²) < 4.78 is 29.5. The predicted molar refractivity (Wildman–Crippen MR) is 108 cm³/mol. The van der Waals surface area contributed by atoms with Gasteiger partial charge < -0.3 is 4.90 Å². The summed E-state index contributed by atoms with van der Waals surface area (Å²) in [5.41, 5.74) is 1.24. The van der Waals surface area contributed by atoms with Crippen LogP contribution in [0.25, 0.3) is 0 Å². The molecule has 0 bridgehead atoms. The van der Waals surface area contributed by atoms with Crippen molar-refractivity contribution in [3.05, 3.63) is 80.8 Å². The minimum atomic E-state index is -3.14. The maximum absolute atomic E-state index is 14.7. The van der Waals surface area contributed by atoms with Crippen LogP contribution in [0, 0.1) is 11.8 Å². The number of hydrogen-bond donors (Lipinski definition) is 0. The Morgan fingerprint density at radius 2 is 1.79 bits per heavy atom. The average Bonchev–Trinajstić information content (AvgIpc) is 2.65. The predicted octanol–water partition coefficient (Wildman–Crippen LogP) is 5.84. The molecule has 1 aliphatic rings. The Hall–Kier alpha value is -2.35. The number of likely N-dealkylation sites (tertiary alicyclic amines) is 1. The van der Waals surface area contributed by atoms with E-state index in [0.29, 0.717) is 26.7 Å². The molecule has 0 N–H and O–H groups in total. The Bertz CT molecular complexity index is 1000. The van der Waals surface area contributed by atoms with Crippen LogP contribution in [-0.2, 0) is 0 Å². The minimum Gasteiger partial charge on any atom is -0.332 e. The normalized spacial score (nSPS) is 17.5. The number of nitrogens with zero attached hydrogens (tertiary/aromatic N) is 1. The number of allylic oxidation sites excluding steroid dienone is 1. The molecule has 1 amide bonds. The minimum absolute atomic E-state index is 0.0304. The number of halogens is 4. The first-order valence-corrected chi connectivity index (χ1v) is 9.42. The lowest BCUT2D eigenvalue weighted by molar-refractivity contribution is -0.0147. The highest BCUT2D eigenvalue weighted by atomic mass is 35.5. The van der Waals surface area contributed by atoms with Gasteiger partial charge in [-0.1, -0.05) is 47.2 Å². The summed E-state index contributed by atoms with van der Waals surface area (Å²) >= 11 is 11.8. The monoisotopic (exact) mass is 419 g/mol. The van der Waals surface area contributed by atoms with Gasteiger partial charge in [-0.3, -0.25) is 4.79 Å². The number of rotatable bonds is 1. The third kappa shape index (κ3) is 4.73. The number of carbonyl (C=O) groups excluding carboxylic acids is 1. The fraction of sp³-hybridized carbons (Fsp3) is 0.227. The van der Waals surface area contributed by atoms with Crippen LogP contribution in [0.2, 0.25) is 10.0 Å². The van der Waals surface area contributed by atoms with E-state index in [4.69, 9.17) is 23.2 Å². The Labute approximate surface area is 172 Å². The van der Waals surface area contributed by atoms with E-state index < -0.39 is 18.4 Å². The van der Waals surface area contributed by atoms with Crippen molar-refractivity contribution in [1.29, 1.82) is 0 Å². The van der Waals surface area contributed by atoms with Gasteiger partial charge in [-0.25, -0.2) is 0 Å². The van der Waals surface area contributed by atoms with Crippen molar-refractivity contribution >= 4 is 29.1 Å². The van der Waals surface area contributed by atoms with Crippen molar-refractivity contribution in [2.45, 2.75) is 19.3 Å². The molecule has 144 valence electrons. The molecular weight excluding hydrogens is 403 g/mol. The van der Waals surface area contributed by atoms with Crippen molar-refractivity contribution < 1.29 is 13.6 Å². The van der Waals surface area contributed by atoms with Crippen LogP contribution in [0.15, 0.2) is 59.7 Å². The summed E-state index contributed by atoms with van der Waals surface area (Å²) in [6.45, 7) is 1.10. The van der Waals surface area contributed by atoms with E-state index in [0.717, 1.165) is 4.90 Å². The summed E-state index contributed by atoms with van der Waals surface area (Å²) in [5.74, 6) is 2.08. The van der Waals surface area contributed by atoms with E-state index >= 15 is 0 Å². The fourth-order valence-electron chi connectivity index (χ4n) is 3.09. The Morgan fingerprint density at radius 1 is 1.11 bits per heavy atom. The highest BCUT2D eigenvalue weighted by molar-refractivity contribution is 6.31. The maximum atomic E-state index is 14.7. The first kappa shape index (κ1) is 20.4. The van der Waals surface area contributed by atoms with Gasteiger partial charge in [-0.2, -0.15) is 8.78 Å². The smallest absolute Gasteiger partial charge is 0.287 e. The molecule has 0 spiro atoms. The van der Waals surface area contributed by atoms with Crippen LogP contribution in [-0.4, -0.2) is 29.8 Å². The van der Waals surface area contributed by atoms with Crippen LogP contribution in [0.1, 0.15) is 29.3 Å². The van der Waals surface area contributed by atoms with E-state index in [1.54, 1.807) is 49.4 Å². The number of hydrogen-bond acceptors (Lipinski definition) is 1. The zero-order chi connectivity index (χ0) is 20.3. The van der Waals surface area contributed by atoms with Gasteiger partial charge in [0, 0.05) is 38.9 Å². The number of alkyl halides is 2. The van der Waals surface area contributed by atoms with Crippen LogP contribution < -0.4 is 0 Å². The lowest BCUT2D eigenvalue weighted by Gasteiger charge is -2.35. The first-order valence-electron chi connectivity index (χ1n) is 8.67. The number of piperidine rings is 1. The number of benzene rings is 2. The van der Waals surface area contributed by atoms with Gasteiger partial charge >= 0.3 is 0 Å². The van der Waals surface area contributed by atoms with Crippen molar-refractivity contribution in [3.63, 3.8) is 0 Å². The van der Waals surface area contributed by atoms with Crippen LogP contribution in [0.5, 0.6) is 0 Å². The van der Waals surface area contributed by atoms with Crippen molar-refractivity contribution in [2.75, 3.05) is 13.1 Å². The topological polar surface area (TPSA) is 20.3 Å². The highest BCUT2D eigenvalue weighted by Crippen LogP contribution is 2.35. The zero-order valence-electron chi connectivity index (χ0n) is 15.1. The van der Waals surface area contributed by atoms with Gasteiger partial charge in [0.05, 0.1) is 6.54 Å². The zero-order valence-corrected chi connectivity index (χ0v) is 16.6. The van der Waals surface area contributed by atoms with Gasteiger partial charge in [-0.15, -0.1) is 0 Å². The molecule has 2 nitrogen and oxygen atoms in total. The molecule has 0 unspecified atom stereocenters. The summed E-state index contributed by atoms with van der Waals surface area (Å²) in [6, 6.07) is 13.2. The first-order chi connectivity index (χ1) is 13.3. The molecular formula is C22H17Cl2F2NO. The standard InChI is InChI=1S/C22H17Cl2F2NO/c1-15(8-9-16-4-2-6-18(23)12-16)20-10-11-27(14-22(20,25)26)21(28)17-5-3-7-19(24)13-17/h2-7,12-13H,10-11,14H2,1H3/b20-15+. The van der Waals surface area contributed by atoms with Crippen molar-refractivity contribution in [3.8, 4) is 11.8 Å². The molecule has 3 rings (SSSR count). The Kier molecular flexibility index (Phi) is 6.07. The molecule has 0 saturated carbocycles. The van der Waals surface area contributed by atoms with E-state index in [9.17, 15) is 13.6 Å². The third-order valence-corrected chi connectivity index (χ3v) is 4.96. The van der Waals surface area contributed by atoms with Gasteiger partial charge in [-0.05, 0) is 49.7 Å². The number of amides is 1. The van der Waals surface area contributed by atoms with Crippen molar-refractivity contribution in [1.82, 2.24) is 4.90 Å². The van der Waals surface area contributed by atoms with Gasteiger partial charge in [0.15, 0.2) is 0 Å². The molecule has 2 aromatic carbocycles. The van der Waals surface area contributed by atoms with Crippen LogP contribution >= 0.6 is 23.2 Å². The molecule has 0 radical (unpaired) electrons. The molecule has 0 atom stereocenters. The van der Waals surface area contributed by atoms with Gasteiger partial charge in [0.1, 0.15) is 0 Å². The maximum Gasteiger partial charge on any atom is 0.287 e. The van der Waals surface area contributed by atoms with E-state index in [-0.39, 0.29) is 18.5 Å². The fourth-order valence-corrected chi connectivity index (χ4v) is 3.47. The van der Waals surface area contributed by atoms with Gasteiger partial charge in [0.2, 0.25) is 0 Å². The Morgan fingerprint density at radius 3 is 2.43 bits per heavy atom. The van der Waals surface area contributed by atoms with Crippen LogP contribution in [0.3, 0.4) is 0 Å². The molecule has 6 heteroatoms. The largest absolute Gasteiger partial charge is 0.332 e. The summed E-state index contributed by atoms with van der Waals surface area (Å²) in [5, 5.41) is 0.928. The second-order valence-electron chi connectivity index (χ2n) is 6.56. The Balaban J connectivity index is 1.80. The molecule has 0 aromatic heterocycles. The molecule has 1 saturated heterocycles. The molecule has 1 fully saturated rings. The summed E-state index contributed by atoms with van der Waals surface area (Å²) in [4.78, 5) is 13.7. The quantitative estimate of drug-likeness (QED) is 0.531. The van der Waals surface area contributed by atoms with Crippen LogP contribution in [0.4, 0.5) is 8.78 Å². The average molecular weight is 420 g/mol. The third-order valence-electron chi connectivity index (χ3n) is 4.49.